The van der Waals surface area contributed by atoms with Crippen LogP contribution < -0.4 is 16.4 Å². The zero-order valence-corrected chi connectivity index (χ0v) is 16.3. The number of carbonyl (C=O) groups is 1. The minimum atomic E-state index is -0.234. The molecule has 0 bridgehead atoms. The van der Waals surface area contributed by atoms with Crippen LogP contribution >= 0.6 is 0 Å². The summed E-state index contributed by atoms with van der Waals surface area (Å²) < 4.78 is 3.35. The second-order valence-corrected chi connectivity index (χ2v) is 6.58. The predicted octanol–water partition coefficient (Wildman–Crippen LogP) is 2.47. The molecular weight excluding hydrogens is 370 g/mol. The molecule has 0 saturated carbocycles. The molecule has 4 rings (SSSR count). The summed E-state index contributed by atoms with van der Waals surface area (Å²) in [5.41, 5.74) is 8.75. The van der Waals surface area contributed by atoms with Crippen molar-refractivity contribution in [3.63, 3.8) is 0 Å². The molecule has 0 unspecified atom stereocenters. The third-order valence-corrected chi connectivity index (χ3v) is 4.63. The fourth-order valence-corrected chi connectivity index (χ4v) is 3.01. The number of nitrogens with one attached hydrogen (secondary N) is 2. The third-order valence-electron chi connectivity index (χ3n) is 4.63. The summed E-state index contributed by atoms with van der Waals surface area (Å²) in [4.78, 5) is 21.3. The average molecular weight is 391 g/mol. The van der Waals surface area contributed by atoms with Crippen LogP contribution in [0.25, 0.3) is 11.0 Å². The first-order chi connectivity index (χ1) is 14.0. The number of fused-ring (bicyclic) bond motifs is 1. The van der Waals surface area contributed by atoms with Crippen LogP contribution in [0.2, 0.25) is 0 Å². The van der Waals surface area contributed by atoms with Crippen LogP contribution in [0.1, 0.15) is 22.8 Å². The SMILES string of the molecule is CCn1ncc2c(Nc3cc(C(=O)Nc4ccnn4C)ccc3C)nc(N)nc21. The highest BCUT2D eigenvalue weighted by atomic mass is 16.1. The van der Waals surface area contributed by atoms with E-state index < -0.39 is 0 Å². The first kappa shape index (κ1) is 18.4. The third kappa shape index (κ3) is 3.47. The highest BCUT2D eigenvalue weighted by Gasteiger charge is 2.14. The molecule has 4 aromatic rings. The van der Waals surface area contributed by atoms with Crippen molar-refractivity contribution in [1.29, 1.82) is 0 Å². The van der Waals surface area contributed by atoms with Crippen molar-refractivity contribution >= 4 is 40.2 Å². The molecule has 1 aromatic carbocycles. The molecule has 29 heavy (non-hydrogen) atoms. The van der Waals surface area contributed by atoms with Gasteiger partial charge in [-0.05, 0) is 31.5 Å². The maximum atomic E-state index is 12.6. The molecule has 0 atom stereocenters. The quantitative estimate of drug-likeness (QED) is 0.476. The lowest BCUT2D eigenvalue weighted by Gasteiger charge is -2.12. The van der Waals surface area contributed by atoms with Gasteiger partial charge in [-0.25, -0.2) is 4.68 Å². The van der Waals surface area contributed by atoms with E-state index in [-0.39, 0.29) is 11.9 Å². The molecule has 10 nitrogen and oxygen atoms in total. The van der Waals surface area contributed by atoms with E-state index in [1.165, 1.54) is 0 Å². The molecular formula is C19H21N9O. The number of amides is 1. The van der Waals surface area contributed by atoms with Gasteiger partial charge in [0.25, 0.3) is 5.91 Å². The van der Waals surface area contributed by atoms with Gasteiger partial charge in [-0.3, -0.25) is 9.48 Å². The zero-order valence-electron chi connectivity index (χ0n) is 16.3. The van der Waals surface area contributed by atoms with Gasteiger partial charge in [0.2, 0.25) is 5.95 Å². The Bertz CT molecular complexity index is 1210. The molecule has 0 aliphatic rings. The number of rotatable bonds is 5. The summed E-state index contributed by atoms with van der Waals surface area (Å²) in [6, 6.07) is 7.15. The van der Waals surface area contributed by atoms with Crippen molar-refractivity contribution in [2.75, 3.05) is 16.4 Å². The number of nitrogens with two attached hydrogens (primary N) is 1. The molecule has 0 radical (unpaired) electrons. The lowest BCUT2D eigenvalue weighted by Crippen LogP contribution is -2.15. The van der Waals surface area contributed by atoms with E-state index >= 15 is 0 Å². The van der Waals surface area contributed by atoms with E-state index in [9.17, 15) is 4.79 Å². The number of nitrogens with zero attached hydrogens (tertiary/aromatic N) is 6. The van der Waals surface area contributed by atoms with Gasteiger partial charge in [0.05, 0.1) is 17.8 Å². The van der Waals surface area contributed by atoms with Crippen molar-refractivity contribution < 1.29 is 4.79 Å². The second-order valence-electron chi connectivity index (χ2n) is 6.58. The normalized spacial score (nSPS) is 11.0. The molecule has 0 aliphatic heterocycles. The number of aromatic nitrogens is 6. The molecule has 0 spiro atoms. The largest absolute Gasteiger partial charge is 0.368 e. The highest BCUT2D eigenvalue weighted by Crippen LogP contribution is 2.27. The number of anilines is 4. The van der Waals surface area contributed by atoms with Crippen molar-refractivity contribution in [2.45, 2.75) is 20.4 Å². The summed E-state index contributed by atoms with van der Waals surface area (Å²) in [6.07, 6.45) is 3.33. The molecule has 0 aliphatic carbocycles. The fourth-order valence-electron chi connectivity index (χ4n) is 3.01. The summed E-state index contributed by atoms with van der Waals surface area (Å²) in [5, 5.41) is 15.2. The first-order valence-electron chi connectivity index (χ1n) is 9.12. The average Bonchev–Trinajstić information content (AvgIpc) is 3.29. The summed E-state index contributed by atoms with van der Waals surface area (Å²) >= 11 is 0. The summed E-state index contributed by atoms with van der Waals surface area (Å²) in [5.74, 6) is 1.07. The Labute approximate surface area is 166 Å². The Morgan fingerprint density at radius 1 is 1.21 bits per heavy atom. The van der Waals surface area contributed by atoms with Gasteiger partial charge in [-0.15, -0.1) is 0 Å². The number of aryl methyl sites for hydroxylation is 3. The van der Waals surface area contributed by atoms with Crippen molar-refractivity contribution in [1.82, 2.24) is 29.5 Å². The van der Waals surface area contributed by atoms with Crippen LogP contribution in [0, 0.1) is 6.92 Å². The number of benzene rings is 1. The van der Waals surface area contributed by atoms with E-state index in [1.807, 2.05) is 19.9 Å². The van der Waals surface area contributed by atoms with Gasteiger partial charge >= 0.3 is 0 Å². The summed E-state index contributed by atoms with van der Waals surface area (Å²) in [7, 11) is 1.76. The standard InChI is InChI=1S/C19H21N9O/c1-4-28-17-13(10-22-28)16(25-19(20)26-17)23-14-9-12(6-5-11(14)2)18(29)24-15-7-8-21-27(15)3/h5-10H,4H2,1-3H3,(H,24,29)(H3,20,23,25,26). The monoisotopic (exact) mass is 391 g/mol. The Morgan fingerprint density at radius 2 is 2.03 bits per heavy atom. The van der Waals surface area contributed by atoms with Crippen LogP contribution in [-0.4, -0.2) is 35.4 Å². The highest BCUT2D eigenvalue weighted by molar-refractivity contribution is 6.04. The van der Waals surface area contributed by atoms with Crippen molar-refractivity contribution in [2.24, 2.45) is 7.05 Å². The Morgan fingerprint density at radius 3 is 2.76 bits per heavy atom. The van der Waals surface area contributed by atoms with Crippen molar-refractivity contribution in [3.05, 3.63) is 47.8 Å². The Kier molecular flexibility index (Phi) is 4.59. The molecule has 4 N–H and O–H groups in total. The van der Waals surface area contributed by atoms with Gasteiger partial charge in [0.1, 0.15) is 11.6 Å². The minimum Gasteiger partial charge on any atom is -0.368 e. The first-order valence-corrected chi connectivity index (χ1v) is 9.12. The zero-order chi connectivity index (χ0) is 20.5. The van der Waals surface area contributed by atoms with E-state index in [0.29, 0.717) is 29.4 Å². The molecule has 3 aromatic heterocycles. The van der Waals surface area contributed by atoms with Crippen LogP contribution in [0.4, 0.5) is 23.3 Å². The van der Waals surface area contributed by atoms with E-state index in [2.05, 4.69) is 30.8 Å². The van der Waals surface area contributed by atoms with Gasteiger partial charge in [0.15, 0.2) is 5.65 Å². The topological polar surface area (TPSA) is 129 Å². The fraction of sp³-hybridized carbons (Fsp3) is 0.211. The summed E-state index contributed by atoms with van der Waals surface area (Å²) in [6.45, 7) is 4.59. The number of carbonyl (C=O) groups excluding carboxylic acids is 1. The van der Waals surface area contributed by atoms with Crippen LogP contribution in [0.3, 0.4) is 0 Å². The number of hydrogen-bond acceptors (Lipinski definition) is 7. The maximum absolute atomic E-state index is 12.6. The van der Waals surface area contributed by atoms with E-state index in [0.717, 1.165) is 16.6 Å². The lowest BCUT2D eigenvalue weighted by molar-refractivity contribution is 0.102. The molecule has 10 heteroatoms. The molecule has 148 valence electrons. The Balaban J connectivity index is 1.67. The van der Waals surface area contributed by atoms with Gasteiger partial charge < -0.3 is 16.4 Å². The van der Waals surface area contributed by atoms with E-state index in [1.54, 1.807) is 47.0 Å². The van der Waals surface area contributed by atoms with E-state index in [4.69, 9.17) is 5.73 Å². The minimum absolute atomic E-state index is 0.151. The predicted molar refractivity (Wildman–Crippen MR) is 111 cm³/mol. The molecule has 1 amide bonds. The maximum Gasteiger partial charge on any atom is 0.256 e. The lowest BCUT2D eigenvalue weighted by atomic mass is 10.1. The van der Waals surface area contributed by atoms with Gasteiger partial charge in [0, 0.05) is 30.9 Å². The smallest absolute Gasteiger partial charge is 0.256 e. The van der Waals surface area contributed by atoms with Crippen LogP contribution in [0.5, 0.6) is 0 Å². The molecule has 0 fully saturated rings. The van der Waals surface area contributed by atoms with Crippen molar-refractivity contribution in [3.8, 4) is 0 Å². The van der Waals surface area contributed by atoms with Crippen LogP contribution in [0.15, 0.2) is 36.7 Å². The van der Waals surface area contributed by atoms with Gasteiger partial charge in [-0.2, -0.15) is 20.2 Å². The molecule has 3 heterocycles. The second kappa shape index (κ2) is 7.23. The van der Waals surface area contributed by atoms with Gasteiger partial charge in [-0.1, -0.05) is 6.07 Å². The number of nitrogen functional groups attached to an aromatic ring is 1. The Hall–Kier alpha value is -3.95. The van der Waals surface area contributed by atoms with Crippen LogP contribution in [-0.2, 0) is 13.6 Å². The molecule has 0 saturated heterocycles. The number of hydrogen-bond donors (Lipinski definition) is 3.